The van der Waals surface area contributed by atoms with Crippen LogP contribution in [0.3, 0.4) is 0 Å². The minimum absolute atomic E-state index is 0.0577. The predicted octanol–water partition coefficient (Wildman–Crippen LogP) is 3.77. The van der Waals surface area contributed by atoms with Gasteiger partial charge in [-0.1, -0.05) is 37.3 Å². The molecule has 1 heterocycles. The summed E-state index contributed by atoms with van der Waals surface area (Å²) in [4.78, 5) is 14.5. The van der Waals surface area contributed by atoms with Gasteiger partial charge < -0.3 is 9.64 Å². The Morgan fingerprint density at radius 3 is 2.39 bits per heavy atom. The van der Waals surface area contributed by atoms with Crippen molar-refractivity contribution >= 4 is 23.4 Å². The Morgan fingerprint density at radius 1 is 1.09 bits per heavy atom. The van der Waals surface area contributed by atoms with Gasteiger partial charge in [-0.05, 0) is 42.0 Å². The highest BCUT2D eigenvalue weighted by atomic mass is 32.2. The number of β-lactam (4-membered cyclic amide) rings is 1. The van der Waals surface area contributed by atoms with Gasteiger partial charge in [-0.3, -0.25) is 4.79 Å². The number of carbonyl (C=O) groups excluding carboxylic acids is 1. The second kappa shape index (κ2) is 7.09. The highest BCUT2D eigenvalue weighted by Gasteiger charge is 2.47. The minimum atomic E-state index is 0.0577. The fraction of sp³-hybridized carbons (Fsp3) is 0.316. The summed E-state index contributed by atoms with van der Waals surface area (Å²) in [5.74, 6) is 1.97. The van der Waals surface area contributed by atoms with Gasteiger partial charge in [0.15, 0.2) is 0 Å². The summed E-state index contributed by atoms with van der Waals surface area (Å²) in [6.45, 7) is 2.10. The quantitative estimate of drug-likeness (QED) is 0.756. The van der Waals surface area contributed by atoms with E-state index in [-0.39, 0.29) is 17.2 Å². The molecule has 0 unspecified atom stereocenters. The lowest BCUT2D eigenvalue weighted by molar-refractivity contribution is -0.123. The zero-order chi connectivity index (χ0) is 16.2. The topological polar surface area (TPSA) is 29.5 Å². The van der Waals surface area contributed by atoms with Crippen molar-refractivity contribution < 1.29 is 9.53 Å². The summed E-state index contributed by atoms with van der Waals surface area (Å²) in [6.07, 6.45) is 0.885. The molecular weight excluding hydrogens is 306 g/mol. The number of benzene rings is 2. The first-order valence-electron chi connectivity index (χ1n) is 7.87. The van der Waals surface area contributed by atoms with Gasteiger partial charge >= 0.3 is 0 Å². The van der Waals surface area contributed by atoms with Crippen LogP contribution in [0.4, 0.5) is 5.69 Å². The largest absolute Gasteiger partial charge is 0.497 e. The van der Waals surface area contributed by atoms with Crippen LogP contribution in [0.15, 0.2) is 54.6 Å². The molecule has 1 saturated heterocycles. The molecular formula is C19H21NO2S. The van der Waals surface area contributed by atoms with E-state index < -0.39 is 0 Å². The molecule has 0 radical (unpaired) electrons. The molecule has 1 fully saturated rings. The summed E-state index contributed by atoms with van der Waals surface area (Å²) in [7, 11) is 1.65. The van der Waals surface area contributed by atoms with Crippen LogP contribution < -0.4 is 9.64 Å². The number of hydrogen-bond acceptors (Lipinski definition) is 3. The van der Waals surface area contributed by atoms with Gasteiger partial charge in [0.1, 0.15) is 11.0 Å². The predicted molar refractivity (Wildman–Crippen MR) is 96.3 cm³/mol. The molecule has 4 heteroatoms. The Morgan fingerprint density at radius 2 is 1.78 bits per heavy atom. The standard InChI is InChI=1S/C19H21NO2S/c1-3-23-18-17(13-14-7-5-4-6-8-14)20(19(18)21)15-9-11-16(22-2)12-10-15/h4-12,17-18H,3,13H2,1-2H3/t17-,18+/m1/s1. The van der Waals surface area contributed by atoms with Crippen molar-refractivity contribution in [2.45, 2.75) is 24.6 Å². The summed E-state index contributed by atoms with van der Waals surface area (Å²) >= 11 is 1.74. The second-order valence-electron chi connectivity index (χ2n) is 5.54. The van der Waals surface area contributed by atoms with Crippen molar-refractivity contribution in [3.05, 3.63) is 60.2 Å². The van der Waals surface area contributed by atoms with Crippen LogP contribution in [0.1, 0.15) is 12.5 Å². The van der Waals surface area contributed by atoms with E-state index in [1.165, 1.54) is 5.56 Å². The van der Waals surface area contributed by atoms with E-state index >= 15 is 0 Å². The lowest BCUT2D eigenvalue weighted by Crippen LogP contribution is -2.64. The van der Waals surface area contributed by atoms with E-state index in [0.717, 1.165) is 23.6 Å². The minimum Gasteiger partial charge on any atom is -0.497 e. The molecule has 120 valence electrons. The number of carbonyl (C=O) groups is 1. The molecule has 2 atom stereocenters. The highest BCUT2D eigenvalue weighted by molar-refractivity contribution is 8.00. The summed E-state index contributed by atoms with van der Waals surface area (Å²) in [5.41, 5.74) is 2.22. The SMILES string of the molecule is CCS[C@@H]1C(=O)N(c2ccc(OC)cc2)[C@@H]1Cc1ccccc1. The van der Waals surface area contributed by atoms with Crippen molar-refractivity contribution in [2.24, 2.45) is 0 Å². The van der Waals surface area contributed by atoms with E-state index in [9.17, 15) is 4.79 Å². The fourth-order valence-corrected chi connectivity index (χ4v) is 4.05. The average Bonchev–Trinajstić information content (AvgIpc) is 2.61. The molecule has 0 saturated carbocycles. The third-order valence-corrected chi connectivity index (χ3v) is 5.35. The molecule has 0 spiro atoms. The lowest BCUT2D eigenvalue weighted by Gasteiger charge is -2.47. The summed E-state index contributed by atoms with van der Waals surface area (Å²) in [6, 6.07) is 18.3. The Kier molecular flexibility index (Phi) is 4.91. The number of nitrogens with zero attached hydrogens (tertiary/aromatic N) is 1. The number of methoxy groups -OCH3 is 1. The third-order valence-electron chi connectivity index (χ3n) is 4.15. The van der Waals surface area contributed by atoms with Crippen LogP contribution in [0.5, 0.6) is 5.75 Å². The first kappa shape index (κ1) is 15.9. The summed E-state index contributed by atoms with van der Waals surface area (Å²) in [5, 5.41) is 0.0577. The molecule has 2 aromatic rings. The van der Waals surface area contributed by atoms with Crippen LogP contribution in [0.2, 0.25) is 0 Å². The monoisotopic (exact) mass is 327 g/mol. The number of rotatable bonds is 6. The van der Waals surface area contributed by atoms with Crippen LogP contribution in [-0.2, 0) is 11.2 Å². The Balaban J connectivity index is 1.83. The van der Waals surface area contributed by atoms with Gasteiger partial charge in [-0.2, -0.15) is 0 Å². The number of amides is 1. The Hall–Kier alpha value is -1.94. The van der Waals surface area contributed by atoms with Gasteiger partial charge in [0.25, 0.3) is 0 Å². The zero-order valence-corrected chi connectivity index (χ0v) is 14.3. The fourth-order valence-electron chi connectivity index (χ4n) is 3.00. The van der Waals surface area contributed by atoms with Crippen molar-refractivity contribution in [3.63, 3.8) is 0 Å². The molecule has 1 aliphatic heterocycles. The number of hydrogen-bond donors (Lipinski definition) is 0. The third kappa shape index (κ3) is 3.22. The molecule has 3 nitrogen and oxygen atoms in total. The average molecular weight is 327 g/mol. The molecule has 3 rings (SSSR count). The van der Waals surface area contributed by atoms with Crippen LogP contribution >= 0.6 is 11.8 Å². The summed E-state index contributed by atoms with van der Waals surface area (Å²) < 4.78 is 5.20. The van der Waals surface area contributed by atoms with Gasteiger partial charge in [0, 0.05) is 5.69 Å². The smallest absolute Gasteiger partial charge is 0.242 e. The maximum atomic E-state index is 12.6. The van der Waals surface area contributed by atoms with Crippen molar-refractivity contribution in [3.8, 4) is 5.75 Å². The van der Waals surface area contributed by atoms with Crippen molar-refractivity contribution in [1.82, 2.24) is 0 Å². The molecule has 0 bridgehead atoms. The number of ether oxygens (including phenoxy) is 1. The first-order chi connectivity index (χ1) is 11.2. The molecule has 1 aliphatic rings. The van der Waals surface area contributed by atoms with E-state index in [4.69, 9.17) is 4.74 Å². The zero-order valence-electron chi connectivity index (χ0n) is 13.4. The van der Waals surface area contributed by atoms with Crippen LogP contribution in [0, 0.1) is 0 Å². The second-order valence-corrected chi connectivity index (χ2v) is 6.96. The van der Waals surface area contributed by atoms with E-state index in [2.05, 4.69) is 31.2 Å². The van der Waals surface area contributed by atoms with E-state index in [0.29, 0.717) is 0 Å². The first-order valence-corrected chi connectivity index (χ1v) is 8.92. The number of anilines is 1. The number of thioether (sulfide) groups is 1. The van der Waals surface area contributed by atoms with Gasteiger partial charge in [-0.25, -0.2) is 0 Å². The van der Waals surface area contributed by atoms with Gasteiger partial charge in [-0.15, -0.1) is 11.8 Å². The molecule has 0 aromatic heterocycles. The van der Waals surface area contributed by atoms with E-state index in [1.807, 2.05) is 35.2 Å². The van der Waals surface area contributed by atoms with E-state index in [1.54, 1.807) is 18.9 Å². The maximum Gasteiger partial charge on any atom is 0.242 e. The van der Waals surface area contributed by atoms with Crippen LogP contribution in [0.25, 0.3) is 0 Å². The van der Waals surface area contributed by atoms with Gasteiger partial charge in [0.05, 0.1) is 13.2 Å². The van der Waals surface area contributed by atoms with Gasteiger partial charge in [0.2, 0.25) is 5.91 Å². The Bertz CT molecular complexity index is 657. The molecule has 23 heavy (non-hydrogen) atoms. The van der Waals surface area contributed by atoms with Crippen molar-refractivity contribution in [1.29, 1.82) is 0 Å². The van der Waals surface area contributed by atoms with Crippen molar-refractivity contribution in [2.75, 3.05) is 17.8 Å². The molecule has 1 amide bonds. The molecule has 0 N–H and O–H groups in total. The highest BCUT2D eigenvalue weighted by Crippen LogP contribution is 2.37. The van der Waals surface area contributed by atoms with Crippen LogP contribution in [-0.4, -0.2) is 30.1 Å². The Labute approximate surface area is 141 Å². The normalized spacial score (nSPS) is 20.3. The molecule has 2 aromatic carbocycles. The lowest BCUT2D eigenvalue weighted by atomic mass is 9.93. The molecule has 0 aliphatic carbocycles. The maximum absolute atomic E-state index is 12.6.